The maximum Gasteiger partial charge on any atom is 0.294 e. The van der Waals surface area contributed by atoms with E-state index in [-0.39, 0.29) is 16.4 Å². The van der Waals surface area contributed by atoms with Crippen LogP contribution in [0.3, 0.4) is 0 Å². The second kappa shape index (κ2) is 9.36. The summed E-state index contributed by atoms with van der Waals surface area (Å²) in [6, 6.07) is 11.3. The van der Waals surface area contributed by atoms with Crippen molar-refractivity contribution in [3.63, 3.8) is 0 Å². The summed E-state index contributed by atoms with van der Waals surface area (Å²) in [7, 11) is 1.41. The molecular weight excluding hydrogens is 408 g/mol. The molecule has 0 bridgehead atoms. The molecule has 1 saturated heterocycles. The van der Waals surface area contributed by atoms with Crippen LogP contribution in [0.2, 0.25) is 0 Å². The Bertz CT molecular complexity index is 1000. The molecule has 0 radical (unpaired) electrons. The number of phenolic OH excluding ortho intramolecular Hbond substituents is 1. The summed E-state index contributed by atoms with van der Waals surface area (Å²) >= 11 is 0.749. The lowest BCUT2D eigenvalue weighted by Gasteiger charge is -2.12. The molecule has 2 N–H and O–H groups in total. The van der Waals surface area contributed by atoms with Crippen LogP contribution in [0.4, 0.5) is 10.5 Å². The number of hydrogen-bond donors (Lipinski definition) is 2. The molecule has 8 nitrogen and oxygen atoms in total. The van der Waals surface area contributed by atoms with E-state index in [4.69, 9.17) is 9.47 Å². The van der Waals surface area contributed by atoms with Crippen LogP contribution in [0.1, 0.15) is 12.5 Å². The standard InChI is InChI=1S/C21H20N2O6S/c1-3-29-15-7-5-14(6-8-15)22-19(25)12-23-20(26)18(30-21(23)27)11-13-4-9-16(24)17(10-13)28-2/h4-11,24H,3,12H2,1-2H3,(H,22,25). The van der Waals surface area contributed by atoms with Crippen molar-refractivity contribution < 1.29 is 29.0 Å². The molecule has 156 valence electrons. The number of nitrogens with zero attached hydrogens (tertiary/aromatic N) is 1. The van der Waals surface area contributed by atoms with Crippen LogP contribution >= 0.6 is 11.8 Å². The molecule has 1 aliphatic rings. The second-order valence-corrected chi connectivity index (χ2v) is 7.20. The monoisotopic (exact) mass is 428 g/mol. The fourth-order valence-electron chi connectivity index (χ4n) is 2.72. The minimum atomic E-state index is -0.557. The number of hydrogen-bond acceptors (Lipinski definition) is 7. The molecule has 2 aromatic carbocycles. The van der Waals surface area contributed by atoms with Crippen LogP contribution in [0.25, 0.3) is 6.08 Å². The zero-order chi connectivity index (χ0) is 21.7. The van der Waals surface area contributed by atoms with Gasteiger partial charge in [-0.25, -0.2) is 0 Å². The Kier molecular flexibility index (Phi) is 6.63. The first-order chi connectivity index (χ1) is 14.4. The first-order valence-corrected chi connectivity index (χ1v) is 9.88. The van der Waals surface area contributed by atoms with Gasteiger partial charge in [-0.3, -0.25) is 19.3 Å². The van der Waals surface area contributed by atoms with Crippen molar-refractivity contribution in [3.05, 3.63) is 52.9 Å². The smallest absolute Gasteiger partial charge is 0.294 e. The number of ether oxygens (including phenoxy) is 2. The second-order valence-electron chi connectivity index (χ2n) is 6.20. The van der Waals surface area contributed by atoms with E-state index in [2.05, 4.69) is 5.32 Å². The minimum Gasteiger partial charge on any atom is -0.504 e. The van der Waals surface area contributed by atoms with Crippen molar-refractivity contribution in [2.45, 2.75) is 6.92 Å². The van der Waals surface area contributed by atoms with Gasteiger partial charge >= 0.3 is 0 Å². The molecule has 30 heavy (non-hydrogen) atoms. The summed E-state index contributed by atoms with van der Waals surface area (Å²) in [6.45, 7) is 2.02. The largest absolute Gasteiger partial charge is 0.504 e. The Morgan fingerprint density at radius 3 is 2.60 bits per heavy atom. The van der Waals surface area contributed by atoms with Crippen LogP contribution in [0.15, 0.2) is 47.4 Å². The molecule has 1 aliphatic heterocycles. The number of anilines is 1. The van der Waals surface area contributed by atoms with Crippen molar-refractivity contribution in [2.75, 3.05) is 25.6 Å². The number of rotatable bonds is 7. The summed E-state index contributed by atoms with van der Waals surface area (Å²) in [5.41, 5.74) is 1.11. The van der Waals surface area contributed by atoms with Gasteiger partial charge in [-0.1, -0.05) is 6.07 Å². The number of carbonyl (C=O) groups excluding carboxylic acids is 3. The van der Waals surface area contributed by atoms with Crippen molar-refractivity contribution in [3.8, 4) is 17.2 Å². The third-order valence-electron chi connectivity index (χ3n) is 4.13. The lowest BCUT2D eigenvalue weighted by atomic mass is 10.2. The van der Waals surface area contributed by atoms with Gasteiger partial charge in [0.05, 0.1) is 18.6 Å². The number of imide groups is 1. The molecule has 9 heteroatoms. The summed E-state index contributed by atoms with van der Waals surface area (Å²) in [5, 5.41) is 11.8. The average molecular weight is 428 g/mol. The summed E-state index contributed by atoms with van der Waals surface area (Å²) in [4.78, 5) is 38.2. The molecule has 1 heterocycles. The average Bonchev–Trinajstić information content (AvgIpc) is 2.98. The van der Waals surface area contributed by atoms with Gasteiger partial charge in [0, 0.05) is 5.69 Å². The Balaban J connectivity index is 1.66. The highest BCUT2D eigenvalue weighted by molar-refractivity contribution is 8.18. The molecule has 0 saturated carbocycles. The predicted molar refractivity (Wildman–Crippen MR) is 114 cm³/mol. The number of methoxy groups -OCH3 is 1. The topological polar surface area (TPSA) is 105 Å². The maximum atomic E-state index is 12.6. The molecule has 0 aromatic heterocycles. The highest BCUT2D eigenvalue weighted by atomic mass is 32.2. The van der Waals surface area contributed by atoms with E-state index in [1.165, 1.54) is 19.3 Å². The van der Waals surface area contributed by atoms with Crippen molar-refractivity contribution in [2.24, 2.45) is 0 Å². The molecule has 0 aliphatic carbocycles. The van der Waals surface area contributed by atoms with E-state index >= 15 is 0 Å². The Morgan fingerprint density at radius 2 is 1.93 bits per heavy atom. The maximum absolute atomic E-state index is 12.6. The van der Waals surface area contributed by atoms with Crippen molar-refractivity contribution >= 4 is 40.6 Å². The molecule has 0 spiro atoms. The molecule has 3 amide bonds. The van der Waals surface area contributed by atoms with Gasteiger partial charge in [-0.2, -0.15) is 0 Å². The van der Waals surface area contributed by atoms with E-state index in [0.717, 1.165) is 16.7 Å². The van der Waals surface area contributed by atoms with Crippen LogP contribution < -0.4 is 14.8 Å². The lowest BCUT2D eigenvalue weighted by molar-refractivity contribution is -0.127. The number of thioether (sulfide) groups is 1. The van der Waals surface area contributed by atoms with E-state index < -0.39 is 23.6 Å². The molecular formula is C21H20N2O6S. The SMILES string of the molecule is CCOc1ccc(NC(=O)CN2C(=O)SC(=Cc3ccc(O)c(OC)c3)C2=O)cc1. The number of phenols is 1. The van der Waals surface area contributed by atoms with Crippen molar-refractivity contribution in [1.82, 2.24) is 4.90 Å². The normalized spacial score (nSPS) is 14.9. The molecule has 0 unspecified atom stereocenters. The van der Waals surface area contributed by atoms with Gasteiger partial charge in [0.25, 0.3) is 11.1 Å². The Labute approximate surface area is 177 Å². The zero-order valence-corrected chi connectivity index (χ0v) is 17.2. The summed E-state index contributed by atoms with van der Waals surface area (Å²) in [5.74, 6) is -0.156. The Morgan fingerprint density at radius 1 is 1.20 bits per heavy atom. The van der Waals surface area contributed by atoms with Crippen LogP contribution in [-0.2, 0) is 9.59 Å². The first-order valence-electron chi connectivity index (χ1n) is 9.06. The van der Waals surface area contributed by atoms with E-state index in [1.54, 1.807) is 36.4 Å². The van der Waals surface area contributed by atoms with Crippen LogP contribution in [0, 0.1) is 0 Å². The summed E-state index contributed by atoms with van der Waals surface area (Å²) in [6.07, 6.45) is 1.51. The lowest BCUT2D eigenvalue weighted by Crippen LogP contribution is -2.36. The fraction of sp³-hybridized carbons (Fsp3) is 0.190. The van der Waals surface area contributed by atoms with Crippen LogP contribution in [-0.4, -0.2) is 47.3 Å². The predicted octanol–water partition coefficient (Wildman–Crippen LogP) is 3.47. The molecule has 0 atom stereocenters. The number of carbonyl (C=O) groups is 3. The van der Waals surface area contributed by atoms with Gasteiger partial charge < -0.3 is 19.9 Å². The number of benzene rings is 2. The third kappa shape index (κ3) is 4.93. The number of aromatic hydroxyl groups is 1. The third-order valence-corrected chi connectivity index (χ3v) is 5.03. The van der Waals surface area contributed by atoms with Gasteiger partial charge in [-0.05, 0) is 66.7 Å². The van der Waals surface area contributed by atoms with Gasteiger partial charge in [-0.15, -0.1) is 0 Å². The van der Waals surface area contributed by atoms with Gasteiger partial charge in [0.15, 0.2) is 11.5 Å². The van der Waals surface area contributed by atoms with Crippen molar-refractivity contribution in [1.29, 1.82) is 0 Å². The summed E-state index contributed by atoms with van der Waals surface area (Å²) < 4.78 is 10.4. The number of nitrogens with one attached hydrogen (secondary N) is 1. The van der Waals surface area contributed by atoms with Crippen LogP contribution in [0.5, 0.6) is 17.2 Å². The van der Waals surface area contributed by atoms with E-state index in [0.29, 0.717) is 23.6 Å². The zero-order valence-electron chi connectivity index (χ0n) is 16.4. The van der Waals surface area contributed by atoms with E-state index in [1.807, 2.05) is 6.92 Å². The molecule has 2 aromatic rings. The van der Waals surface area contributed by atoms with E-state index in [9.17, 15) is 19.5 Å². The van der Waals surface area contributed by atoms with Gasteiger partial charge in [0.1, 0.15) is 12.3 Å². The quantitative estimate of drug-likeness (QED) is 0.651. The Hall–Kier alpha value is -3.46. The highest BCUT2D eigenvalue weighted by Gasteiger charge is 2.36. The van der Waals surface area contributed by atoms with Gasteiger partial charge in [0.2, 0.25) is 5.91 Å². The first kappa shape index (κ1) is 21.3. The highest BCUT2D eigenvalue weighted by Crippen LogP contribution is 2.34. The minimum absolute atomic E-state index is 0.0336. The fourth-order valence-corrected chi connectivity index (χ4v) is 3.56. The molecule has 1 fully saturated rings. The number of amides is 3. The molecule has 3 rings (SSSR count).